The third-order valence-corrected chi connectivity index (χ3v) is 4.22. The molecule has 1 aromatic heterocycles. The molecule has 2 fully saturated rings. The third kappa shape index (κ3) is 2.62. The molecule has 21 heavy (non-hydrogen) atoms. The molecule has 1 aromatic rings. The van der Waals surface area contributed by atoms with E-state index in [1.165, 1.54) is 12.4 Å². The summed E-state index contributed by atoms with van der Waals surface area (Å²) in [7, 11) is 2.05. The van der Waals surface area contributed by atoms with E-state index in [1.807, 2.05) is 4.90 Å². The van der Waals surface area contributed by atoms with Gasteiger partial charge in [0, 0.05) is 32.0 Å². The van der Waals surface area contributed by atoms with Gasteiger partial charge in [-0.1, -0.05) is 0 Å². The van der Waals surface area contributed by atoms with E-state index < -0.39 is 0 Å². The fourth-order valence-electron chi connectivity index (χ4n) is 3.10. The van der Waals surface area contributed by atoms with Crippen molar-refractivity contribution in [3.8, 4) is 6.07 Å². The normalized spacial score (nSPS) is 26.0. The number of nitrogens with zero attached hydrogens (tertiary/aromatic N) is 4. The Labute approximate surface area is 123 Å². The number of nitriles is 1. The van der Waals surface area contributed by atoms with Crippen molar-refractivity contribution in [2.24, 2.45) is 0 Å². The Morgan fingerprint density at radius 3 is 3.19 bits per heavy atom. The van der Waals surface area contributed by atoms with E-state index in [1.54, 1.807) is 6.07 Å². The second-order valence-electron chi connectivity index (χ2n) is 5.56. The zero-order valence-corrected chi connectivity index (χ0v) is 12.0. The van der Waals surface area contributed by atoms with Gasteiger partial charge in [0.05, 0.1) is 29.9 Å². The summed E-state index contributed by atoms with van der Waals surface area (Å²) in [5.41, 5.74) is 0.760. The number of morpholine rings is 1. The number of aromatic nitrogens is 1. The van der Waals surface area contributed by atoms with Crippen LogP contribution in [0.5, 0.6) is 0 Å². The smallest absolute Gasteiger partial charge is 0.257 e. The molecule has 0 aliphatic carbocycles. The van der Waals surface area contributed by atoms with E-state index in [-0.39, 0.29) is 18.1 Å². The van der Waals surface area contributed by atoms with E-state index in [0.29, 0.717) is 24.3 Å². The molecule has 1 amide bonds. The standard InChI is InChI=1S/C15H18N4O2/c1-18-5-3-14-13(10-18)19(6-7-21-14)15(20)12-9-17-4-2-11(12)8-16/h2,4,9,13-14H,3,5-7,10H2,1H3. The van der Waals surface area contributed by atoms with Crippen LogP contribution in [-0.2, 0) is 4.74 Å². The van der Waals surface area contributed by atoms with E-state index in [0.717, 1.165) is 19.5 Å². The lowest BCUT2D eigenvalue weighted by Gasteiger charge is -2.46. The average molecular weight is 286 g/mol. The predicted molar refractivity (Wildman–Crippen MR) is 75.6 cm³/mol. The van der Waals surface area contributed by atoms with Crippen molar-refractivity contribution in [2.75, 3.05) is 33.3 Å². The van der Waals surface area contributed by atoms with Crippen LogP contribution < -0.4 is 0 Å². The van der Waals surface area contributed by atoms with Gasteiger partial charge in [0.15, 0.2) is 0 Å². The minimum Gasteiger partial charge on any atom is -0.374 e. The van der Waals surface area contributed by atoms with E-state index in [9.17, 15) is 4.79 Å². The van der Waals surface area contributed by atoms with Crippen molar-refractivity contribution in [1.82, 2.24) is 14.8 Å². The van der Waals surface area contributed by atoms with Gasteiger partial charge in [-0.15, -0.1) is 0 Å². The fraction of sp³-hybridized carbons (Fsp3) is 0.533. The molecule has 2 aliphatic heterocycles. The van der Waals surface area contributed by atoms with E-state index in [4.69, 9.17) is 10.00 Å². The predicted octanol–water partition coefficient (Wildman–Crippen LogP) is 0.498. The summed E-state index contributed by atoms with van der Waals surface area (Å²) in [4.78, 5) is 20.9. The van der Waals surface area contributed by atoms with Gasteiger partial charge in [-0.3, -0.25) is 9.78 Å². The SMILES string of the molecule is CN1CCC2OCCN(C(=O)c3cnccc3C#N)C2C1. The van der Waals surface area contributed by atoms with Gasteiger partial charge in [0.25, 0.3) is 5.91 Å². The summed E-state index contributed by atoms with van der Waals surface area (Å²) in [5, 5.41) is 9.16. The molecule has 0 aromatic carbocycles. The number of amides is 1. The molecular formula is C15H18N4O2. The van der Waals surface area contributed by atoms with Gasteiger partial charge in [-0.25, -0.2) is 0 Å². The molecule has 6 heteroatoms. The Morgan fingerprint density at radius 1 is 1.52 bits per heavy atom. The number of pyridine rings is 1. The first-order chi connectivity index (χ1) is 10.2. The van der Waals surface area contributed by atoms with E-state index in [2.05, 4.69) is 23.0 Å². The van der Waals surface area contributed by atoms with Crippen LogP contribution in [0.2, 0.25) is 0 Å². The lowest BCUT2D eigenvalue weighted by molar-refractivity contribution is -0.0870. The van der Waals surface area contributed by atoms with Crippen molar-refractivity contribution >= 4 is 5.91 Å². The zero-order valence-electron chi connectivity index (χ0n) is 12.0. The minimum atomic E-state index is -0.117. The lowest BCUT2D eigenvalue weighted by atomic mass is 9.98. The Bertz CT molecular complexity index is 583. The van der Waals surface area contributed by atoms with Crippen LogP contribution in [0.25, 0.3) is 0 Å². The van der Waals surface area contributed by atoms with Crippen LogP contribution in [0.1, 0.15) is 22.3 Å². The monoisotopic (exact) mass is 286 g/mol. The molecule has 0 saturated carbocycles. The second kappa shape index (κ2) is 5.80. The topological polar surface area (TPSA) is 69.5 Å². The minimum absolute atomic E-state index is 0.0525. The Morgan fingerprint density at radius 2 is 2.38 bits per heavy atom. The highest BCUT2D eigenvalue weighted by Gasteiger charge is 2.39. The van der Waals surface area contributed by atoms with Gasteiger partial charge in [-0.2, -0.15) is 5.26 Å². The lowest BCUT2D eigenvalue weighted by Crippen LogP contribution is -2.60. The largest absolute Gasteiger partial charge is 0.374 e. The Kier molecular flexibility index (Phi) is 3.86. The molecule has 6 nitrogen and oxygen atoms in total. The van der Waals surface area contributed by atoms with Crippen LogP contribution >= 0.6 is 0 Å². The quantitative estimate of drug-likeness (QED) is 0.752. The highest BCUT2D eigenvalue weighted by Crippen LogP contribution is 2.24. The number of hydrogen-bond acceptors (Lipinski definition) is 5. The number of piperidine rings is 1. The summed E-state index contributed by atoms with van der Waals surface area (Å²) in [6.45, 7) is 2.91. The second-order valence-corrected chi connectivity index (χ2v) is 5.56. The maximum Gasteiger partial charge on any atom is 0.257 e. The molecule has 2 aliphatic rings. The van der Waals surface area contributed by atoms with Crippen molar-refractivity contribution < 1.29 is 9.53 Å². The molecule has 0 spiro atoms. The van der Waals surface area contributed by atoms with Gasteiger partial charge < -0.3 is 14.5 Å². The first-order valence-corrected chi connectivity index (χ1v) is 7.16. The number of likely N-dealkylation sites (N-methyl/N-ethyl adjacent to an activating group) is 1. The summed E-state index contributed by atoms with van der Waals surface area (Å²) in [6.07, 6.45) is 4.05. The third-order valence-electron chi connectivity index (χ3n) is 4.22. The molecule has 2 atom stereocenters. The van der Waals surface area contributed by atoms with Crippen molar-refractivity contribution in [3.05, 3.63) is 29.6 Å². The Balaban J connectivity index is 1.87. The summed E-state index contributed by atoms with van der Waals surface area (Å²) >= 11 is 0. The summed E-state index contributed by atoms with van der Waals surface area (Å²) in [6, 6.07) is 3.70. The zero-order chi connectivity index (χ0) is 14.8. The molecule has 0 radical (unpaired) electrons. The first-order valence-electron chi connectivity index (χ1n) is 7.16. The number of ether oxygens (including phenoxy) is 1. The van der Waals surface area contributed by atoms with Crippen molar-refractivity contribution in [3.63, 3.8) is 0 Å². The molecule has 2 unspecified atom stereocenters. The maximum atomic E-state index is 12.8. The van der Waals surface area contributed by atoms with Gasteiger partial charge in [-0.05, 0) is 19.5 Å². The average Bonchev–Trinajstić information content (AvgIpc) is 2.53. The number of carbonyl (C=O) groups excluding carboxylic acids is 1. The molecule has 0 N–H and O–H groups in total. The molecule has 3 rings (SSSR count). The van der Waals surface area contributed by atoms with Gasteiger partial charge >= 0.3 is 0 Å². The number of likely N-dealkylation sites (tertiary alicyclic amines) is 1. The molecule has 0 bridgehead atoms. The summed E-state index contributed by atoms with van der Waals surface area (Å²) < 4.78 is 5.80. The van der Waals surface area contributed by atoms with E-state index >= 15 is 0 Å². The maximum absolute atomic E-state index is 12.8. The van der Waals surface area contributed by atoms with Gasteiger partial charge in [0.1, 0.15) is 6.07 Å². The fourth-order valence-corrected chi connectivity index (χ4v) is 3.10. The van der Waals surface area contributed by atoms with Crippen LogP contribution in [0.3, 0.4) is 0 Å². The highest BCUT2D eigenvalue weighted by atomic mass is 16.5. The number of rotatable bonds is 1. The van der Waals surface area contributed by atoms with Crippen molar-refractivity contribution in [2.45, 2.75) is 18.6 Å². The first kappa shape index (κ1) is 14.0. The highest BCUT2D eigenvalue weighted by molar-refractivity contribution is 5.96. The number of hydrogen-bond donors (Lipinski definition) is 0. The van der Waals surface area contributed by atoms with Gasteiger partial charge in [0.2, 0.25) is 0 Å². The number of carbonyl (C=O) groups is 1. The van der Waals surface area contributed by atoms with Crippen LogP contribution in [-0.4, -0.2) is 66.1 Å². The Hall–Kier alpha value is -1.97. The van der Waals surface area contributed by atoms with Crippen LogP contribution in [0.15, 0.2) is 18.5 Å². The van der Waals surface area contributed by atoms with Crippen molar-refractivity contribution in [1.29, 1.82) is 5.26 Å². The number of fused-ring (bicyclic) bond motifs is 1. The van der Waals surface area contributed by atoms with Crippen LogP contribution in [0, 0.1) is 11.3 Å². The molecule has 2 saturated heterocycles. The van der Waals surface area contributed by atoms with Crippen LogP contribution in [0.4, 0.5) is 0 Å². The molecule has 110 valence electrons. The molecule has 3 heterocycles. The summed E-state index contributed by atoms with van der Waals surface area (Å²) in [5.74, 6) is -0.117. The molecular weight excluding hydrogens is 268 g/mol.